The normalized spacial score (nSPS) is 10.4. The average Bonchev–Trinajstić information content (AvgIpc) is 2.41. The minimum Gasteiger partial charge on any atom is -0.507 e. The number of carbonyl (C=O) groups excluding carboxylic acids is 1. The highest BCUT2D eigenvalue weighted by Crippen LogP contribution is 2.41. The monoisotopic (exact) mass is 278 g/mol. The highest BCUT2D eigenvalue weighted by atomic mass is 16.3. The van der Waals surface area contributed by atoms with E-state index in [1.165, 1.54) is 0 Å². The number of phenolic OH excluding ortho intramolecular Hbond substituents is 6. The van der Waals surface area contributed by atoms with Crippen LogP contribution in [0, 0.1) is 0 Å². The maximum Gasteiger partial charge on any atom is 0.204 e. The lowest BCUT2D eigenvalue weighted by Gasteiger charge is -2.10. The molecule has 0 spiro atoms. The van der Waals surface area contributed by atoms with Gasteiger partial charge in [-0.3, -0.25) is 4.79 Å². The van der Waals surface area contributed by atoms with Gasteiger partial charge in [-0.2, -0.15) is 0 Å². The molecule has 2 aromatic rings. The summed E-state index contributed by atoms with van der Waals surface area (Å²) in [5.74, 6) is -5.59. The third-order valence-electron chi connectivity index (χ3n) is 2.74. The molecular weight excluding hydrogens is 268 g/mol. The highest BCUT2D eigenvalue weighted by Gasteiger charge is 2.25. The number of ketones is 1. The van der Waals surface area contributed by atoms with E-state index in [0.29, 0.717) is 0 Å². The second kappa shape index (κ2) is 4.54. The van der Waals surface area contributed by atoms with E-state index in [4.69, 9.17) is 0 Å². The van der Waals surface area contributed by atoms with Gasteiger partial charge < -0.3 is 30.6 Å². The minimum absolute atomic E-state index is 0.462. The van der Waals surface area contributed by atoms with Crippen molar-refractivity contribution in [3.63, 3.8) is 0 Å². The first kappa shape index (κ1) is 13.3. The van der Waals surface area contributed by atoms with E-state index in [1.54, 1.807) is 0 Å². The molecule has 0 bridgehead atoms. The van der Waals surface area contributed by atoms with Crippen molar-refractivity contribution >= 4 is 5.78 Å². The third kappa shape index (κ3) is 1.91. The Hall–Kier alpha value is -3.09. The molecule has 0 aromatic heterocycles. The first-order valence-electron chi connectivity index (χ1n) is 5.37. The third-order valence-corrected chi connectivity index (χ3v) is 2.74. The summed E-state index contributed by atoms with van der Waals surface area (Å²) < 4.78 is 0. The van der Waals surface area contributed by atoms with Gasteiger partial charge >= 0.3 is 0 Å². The first-order valence-corrected chi connectivity index (χ1v) is 5.37. The molecule has 0 saturated heterocycles. The van der Waals surface area contributed by atoms with Crippen LogP contribution in [0.15, 0.2) is 24.3 Å². The summed E-state index contributed by atoms with van der Waals surface area (Å²) in [6.07, 6.45) is 0. The lowest BCUT2D eigenvalue weighted by atomic mass is 9.99. The van der Waals surface area contributed by atoms with Crippen molar-refractivity contribution in [3.05, 3.63) is 35.4 Å². The molecule has 7 heteroatoms. The summed E-state index contributed by atoms with van der Waals surface area (Å²) in [6, 6.07) is 3.92. The number of phenols is 6. The SMILES string of the molecule is O=C(c1ccc(O)c(O)c1O)c1c(O)ccc(O)c1O. The summed E-state index contributed by atoms with van der Waals surface area (Å²) in [4.78, 5) is 12.1. The van der Waals surface area contributed by atoms with Crippen LogP contribution < -0.4 is 0 Å². The van der Waals surface area contributed by atoms with E-state index in [9.17, 15) is 35.4 Å². The fourth-order valence-electron chi connectivity index (χ4n) is 1.68. The van der Waals surface area contributed by atoms with Crippen molar-refractivity contribution in [2.75, 3.05) is 0 Å². The Balaban J connectivity index is 2.64. The van der Waals surface area contributed by atoms with E-state index in [2.05, 4.69) is 0 Å². The number of carbonyl (C=O) groups is 1. The molecule has 0 aliphatic carbocycles. The lowest BCUT2D eigenvalue weighted by Crippen LogP contribution is -2.03. The Labute approximate surface area is 112 Å². The second-order valence-corrected chi connectivity index (χ2v) is 3.99. The molecule has 0 fully saturated rings. The van der Waals surface area contributed by atoms with Gasteiger partial charge in [-0.05, 0) is 24.3 Å². The van der Waals surface area contributed by atoms with Gasteiger partial charge in [0.05, 0.1) is 5.56 Å². The molecule has 0 aliphatic heterocycles. The summed E-state index contributed by atoms with van der Waals surface area (Å²) in [7, 11) is 0. The van der Waals surface area contributed by atoms with Crippen LogP contribution >= 0.6 is 0 Å². The first-order chi connectivity index (χ1) is 9.34. The van der Waals surface area contributed by atoms with E-state index in [-0.39, 0.29) is 0 Å². The molecule has 0 atom stereocenters. The van der Waals surface area contributed by atoms with Gasteiger partial charge in [0.1, 0.15) is 11.3 Å². The number of hydrogen-bond acceptors (Lipinski definition) is 7. The molecule has 6 N–H and O–H groups in total. The molecule has 0 aliphatic rings. The number of rotatable bonds is 2. The largest absolute Gasteiger partial charge is 0.507 e. The average molecular weight is 278 g/mol. The number of hydrogen-bond donors (Lipinski definition) is 6. The Morgan fingerprint density at radius 2 is 1.15 bits per heavy atom. The molecule has 104 valence electrons. The van der Waals surface area contributed by atoms with Gasteiger partial charge in [0, 0.05) is 0 Å². The second-order valence-electron chi connectivity index (χ2n) is 3.99. The Bertz CT molecular complexity index is 706. The van der Waals surface area contributed by atoms with Crippen molar-refractivity contribution in [2.24, 2.45) is 0 Å². The van der Waals surface area contributed by atoms with E-state index < -0.39 is 51.4 Å². The molecule has 20 heavy (non-hydrogen) atoms. The summed E-state index contributed by atoms with van der Waals surface area (Å²) in [6.45, 7) is 0. The van der Waals surface area contributed by atoms with Crippen molar-refractivity contribution in [2.45, 2.75) is 0 Å². The van der Waals surface area contributed by atoms with Crippen LogP contribution in [0.3, 0.4) is 0 Å². The minimum atomic E-state index is -1.04. The Morgan fingerprint density at radius 3 is 1.80 bits per heavy atom. The predicted octanol–water partition coefficient (Wildman–Crippen LogP) is 1.15. The van der Waals surface area contributed by atoms with Crippen molar-refractivity contribution in [1.29, 1.82) is 0 Å². The van der Waals surface area contributed by atoms with Crippen LogP contribution in [0.25, 0.3) is 0 Å². The topological polar surface area (TPSA) is 138 Å². The van der Waals surface area contributed by atoms with Gasteiger partial charge in [-0.25, -0.2) is 0 Å². The molecular formula is C13H10O7. The molecule has 0 radical (unpaired) electrons. The van der Waals surface area contributed by atoms with Gasteiger partial charge in [0.2, 0.25) is 11.5 Å². The maximum atomic E-state index is 12.1. The van der Waals surface area contributed by atoms with Crippen LogP contribution in [-0.2, 0) is 0 Å². The standard InChI is InChI=1S/C13H10O7/c14-6-3-4-7(15)12(19)9(6)10(17)5-1-2-8(16)13(20)11(5)18/h1-4,14-16,18-20H. The van der Waals surface area contributed by atoms with Crippen LogP contribution in [0.2, 0.25) is 0 Å². The molecule has 7 nitrogen and oxygen atoms in total. The van der Waals surface area contributed by atoms with Crippen LogP contribution in [0.5, 0.6) is 34.5 Å². The van der Waals surface area contributed by atoms with Crippen molar-refractivity contribution in [3.8, 4) is 34.5 Å². The summed E-state index contributed by atoms with van der Waals surface area (Å²) >= 11 is 0. The van der Waals surface area contributed by atoms with Gasteiger partial charge in [-0.15, -0.1) is 0 Å². The molecule has 0 saturated carbocycles. The van der Waals surface area contributed by atoms with Gasteiger partial charge in [-0.1, -0.05) is 0 Å². The molecule has 0 unspecified atom stereocenters. The Morgan fingerprint density at radius 1 is 0.650 bits per heavy atom. The fourth-order valence-corrected chi connectivity index (χ4v) is 1.68. The van der Waals surface area contributed by atoms with Crippen molar-refractivity contribution in [1.82, 2.24) is 0 Å². The quantitative estimate of drug-likeness (QED) is 0.275. The zero-order valence-electron chi connectivity index (χ0n) is 9.90. The van der Waals surface area contributed by atoms with Crippen LogP contribution in [0.1, 0.15) is 15.9 Å². The predicted molar refractivity (Wildman–Crippen MR) is 66.3 cm³/mol. The fraction of sp³-hybridized carbons (Fsp3) is 0. The molecule has 0 heterocycles. The summed E-state index contributed by atoms with van der Waals surface area (Å²) in [5.41, 5.74) is -1.10. The van der Waals surface area contributed by atoms with Crippen molar-refractivity contribution < 1.29 is 35.4 Å². The number of benzene rings is 2. The smallest absolute Gasteiger partial charge is 0.204 e. The molecule has 2 aromatic carbocycles. The van der Waals surface area contributed by atoms with Gasteiger partial charge in [0.15, 0.2) is 23.0 Å². The molecule has 2 rings (SSSR count). The zero-order chi connectivity index (χ0) is 15.0. The van der Waals surface area contributed by atoms with E-state index >= 15 is 0 Å². The van der Waals surface area contributed by atoms with Crippen LogP contribution in [0.4, 0.5) is 0 Å². The van der Waals surface area contributed by atoms with E-state index in [1.807, 2.05) is 0 Å². The summed E-state index contributed by atoms with van der Waals surface area (Å²) in [5, 5.41) is 56.6. The van der Waals surface area contributed by atoms with Crippen LogP contribution in [-0.4, -0.2) is 36.4 Å². The maximum absolute atomic E-state index is 12.1. The zero-order valence-corrected chi connectivity index (χ0v) is 9.90. The van der Waals surface area contributed by atoms with Gasteiger partial charge in [0.25, 0.3) is 0 Å². The lowest BCUT2D eigenvalue weighted by molar-refractivity contribution is 0.103. The Kier molecular flexibility index (Phi) is 3.03. The molecule has 0 amide bonds. The van der Waals surface area contributed by atoms with E-state index in [0.717, 1.165) is 24.3 Å². The highest BCUT2D eigenvalue weighted by molar-refractivity contribution is 6.14. The number of aromatic hydroxyl groups is 6.